The van der Waals surface area contributed by atoms with E-state index in [1.807, 2.05) is 6.07 Å². The van der Waals surface area contributed by atoms with Crippen LogP contribution in [0, 0.1) is 11.3 Å². The number of esters is 1. The molecule has 134 valence electrons. The molecule has 0 unspecified atom stereocenters. The molecule has 0 radical (unpaired) electrons. The van der Waals surface area contributed by atoms with Gasteiger partial charge in [0, 0.05) is 22.4 Å². The summed E-state index contributed by atoms with van der Waals surface area (Å²) < 4.78 is 6.85. The predicted octanol–water partition coefficient (Wildman–Crippen LogP) is 3.11. The number of anilines is 1. The van der Waals surface area contributed by atoms with Crippen molar-refractivity contribution in [2.75, 3.05) is 12.8 Å². The molecule has 27 heavy (non-hydrogen) atoms. The normalized spacial score (nSPS) is 10.3. The number of nitrogens with zero attached hydrogens (tertiary/aromatic N) is 3. The van der Waals surface area contributed by atoms with Gasteiger partial charge in [0.25, 0.3) is 0 Å². The number of benzene rings is 1. The fraction of sp³-hybridized carbons (Fsp3) is 0.0526. The number of hydrogen-bond acceptors (Lipinski definition) is 6. The molecule has 0 spiro atoms. The highest BCUT2D eigenvalue weighted by atomic mass is 79.9. The number of ether oxygens (including phenoxy) is 1. The summed E-state index contributed by atoms with van der Waals surface area (Å²) in [7, 11) is 1.21. The molecule has 0 aliphatic carbocycles. The van der Waals surface area contributed by atoms with Gasteiger partial charge in [-0.1, -0.05) is 22.0 Å². The largest absolute Gasteiger partial charge is 0.464 e. The molecule has 0 bridgehead atoms. The Hall–Kier alpha value is -3.44. The van der Waals surface area contributed by atoms with E-state index >= 15 is 0 Å². The Kier molecular flexibility index (Phi) is 5.05. The summed E-state index contributed by atoms with van der Waals surface area (Å²) in [5, 5.41) is 9.28. The van der Waals surface area contributed by atoms with Gasteiger partial charge in [-0.3, -0.25) is 9.78 Å². The van der Waals surface area contributed by atoms with Gasteiger partial charge in [0.15, 0.2) is 5.69 Å². The monoisotopic (exact) mass is 424 g/mol. The number of rotatable bonds is 4. The summed E-state index contributed by atoms with van der Waals surface area (Å²) in [6, 6.07) is 11.9. The van der Waals surface area contributed by atoms with Crippen molar-refractivity contribution in [3.05, 3.63) is 75.8 Å². The Balaban J connectivity index is 2.27. The van der Waals surface area contributed by atoms with Crippen LogP contribution in [0.4, 0.5) is 5.69 Å². The number of aromatic nitrogens is 2. The van der Waals surface area contributed by atoms with Crippen molar-refractivity contribution in [1.82, 2.24) is 9.55 Å². The molecular weight excluding hydrogens is 412 g/mol. The van der Waals surface area contributed by atoms with E-state index in [-0.39, 0.29) is 34.0 Å². The fourth-order valence-electron chi connectivity index (χ4n) is 2.64. The van der Waals surface area contributed by atoms with Crippen LogP contribution in [-0.2, 0) is 4.74 Å². The van der Waals surface area contributed by atoms with Crippen LogP contribution in [0.2, 0.25) is 0 Å². The number of halogens is 1. The van der Waals surface area contributed by atoms with Crippen LogP contribution in [-0.4, -0.2) is 28.4 Å². The molecule has 2 aromatic heterocycles. The molecule has 0 fully saturated rings. The van der Waals surface area contributed by atoms with E-state index in [4.69, 9.17) is 10.5 Å². The molecule has 7 nitrogen and oxygen atoms in total. The first-order valence-electron chi connectivity index (χ1n) is 7.72. The van der Waals surface area contributed by atoms with Gasteiger partial charge in [-0.05, 0) is 30.3 Å². The number of ketones is 1. The van der Waals surface area contributed by atoms with Gasteiger partial charge in [-0.2, -0.15) is 5.26 Å². The van der Waals surface area contributed by atoms with E-state index in [1.165, 1.54) is 24.1 Å². The Morgan fingerprint density at radius 2 is 2.07 bits per heavy atom. The molecule has 2 heterocycles. The molecule has 0 aliphatic rings. The van der Waals surface area contributed by atoms with Gasteiger partial charge in [-0.15, -0.1) is 0 Å². The summed E-state index contributed by atoms with van der Waals surface area (Å²) in [4.78, 5) is 29.3. The SMILES string of the molecule is COC(=O)c1c(N)c(C#N)cn1-c1ccc(Br)cc1C(=O)c1ccccn1. The number of nitrogen functional groups attached to an aromatic ring is 1. The van der Waals surface area contributed by atoms with Crippen LogP contribution < -0.4 is 5.73 Å². The molecule has 3 rings (SSSR count). The van der Waals surface area contributed by atoms with Crippen LogP contribution in [0.15, 0.2) is 53.3 Å². The summed E-state index contributed by atoms with van der Waals surface area (Å²) in [6.45, 7) is 0. The number of carbonyl (C=O) groups is 2. The van der Waals surface area contributed by atoms with Crippen molar-refractivity contribution in [1.29, 1.82) is 5.26 Å². The van der Waals surface area contributed by atoms with Crippen molar-refractivity contribution in [3.63, 3.8) is 0 Å². The number of nitriles is 1. The molecule has 2 N–H and O–H groups in total. The molecule has 0 amide bonds. The van der Waals surface area contributed by atoms with Crippen LogP contribution in [0.3, 0.4) is 0 Å². The Morgan fingerprint density at radius 1 is 1.30 bits per heavy atom. The molecule has 0 saturated heterocycles. The fourth-order valence-corrected chi connectivity index (χ4v) is 3.00. The maximum absolute atomic E-state index is 13.0. The number of pyridine rings is 1. The van der Waals surface area contributed by atoms with Crippen molar-refractivity contribution < 1.29 is 14.3 Å². The van der Waals surface area contributed by atoms with Crippen LogP contribution in [0.5, 0.6) is 0 Å². The second-order valence-electron chi connectivity index (χ2n) is 5.48. The van der Waals surface area contributed by atoms with Gasteiger partial charge >= 0.3 is 5.97 Å². The maximum Gasteiger partial charge on any atom is 0.357 e. The maximum atomic E-state index is 13.0. The smallest absolute Gasteiger partial charge is 0.357 e. The number of nitrogens with two attached hydrogens (primary N) is 1. The first kappa shape index (κ1) is 18.4. The van der Waals surface area contributed by atoms with Gasteiger partial charge < -0.3 is 15.0 Å². The third-order valence-corrected chi connectivity index (χ3v) is 4.40. The predicted molar refractivity (Wildman–Crippen MR) is 102 cm³/mol. The second-order valence-corrected chi connectivity index (χ2v) is 6.40. The zero-order valence-electron chi connectivity index (χ0n) is 14.1. The van der Waals surface area contributed by atoms with Crippen molar-refractivity contribution in [3.8, 4) is 11.8 Å². The van der Waals surface area contributed by atoms with E-state index in [0.29, 0.717) is 10.2 Å². The Bertz CT molecular complexity index is 1080. The van der Waals surface area contributed by atoms with Gasteiger partial charge in [0.05, 0.1) is 24.0 Å². The van der Waals surface area contributed by atoms with Crippen molar-refractivity contribution in [2.45, 2.75) is 0 Å². The third-order valence-electron chi connectivity index (χ3n) is 3.90. The highest BCUT2D eigenvalue weighted by Crippen LogP contribution is 2.29. The molecule has 0 aliphatic heterocycles. The summed E-state index contributed by atoms with van der Waals surface area (Å²) >= 11 is 3.35. The van der Waals surface area contributed by atoms with Crippen molar-refractivity contribution >= 4 is 33.4 Å². The molecule has 0 saturated carbocycles. The first-order chi connectivity index (χ1) is 13.0. The van der Waals surface area contributed by atoms with Crippen molar-refractivity contribution in [2.24, 2.45) is 0 Å². The lowest BCUT2D eigenvalue weighted by Gasteiger charge is -2.13. The van der Waals surface area contributed by atoms with Crippen LogP contribution >= 0.6 is 15.9 Å². The van der Waals surface area contributed by atoms with E-state index in [1.54, 1.807) is 36.4 Å². The van der Waals surface area contributed by atoms with E-state index in [0.717, 1.165) is 0 Å². The molecule has 1 aromatic carbocycles. The minimum absolute atomic E-state index is 0.0106. The average Bonchev–Trinajstić information content (AvgIpc) is 3.03. The Labute approximate surface area is 163 Å². The Morgan fingerprint density at radius 3 is 2.70 bits per heavy atom. The van der Waals surface area contributed by atoms with E-state index in [9.17, 15) is 14.9 Å². The zero-order chi connectivity index (χ0) is 19.6. The second kappa shape index (κ2) is 7.43. The molecule has 8 heteroatoms. The lowest BCUT2D eigenvalue weighted by molar-refractivity contribution is 0.0592. The third kappa shape index (κ3) is 3.32. The van der Waals surface area contributed by atoms with E-state index < -0.39 is 5.97 Å². The lowest BCUT2D eigenvalue weighted by Crippen LogP contribution is -2.14. The van der Waals surface area contributed by atoms with Crippen LogP contribution in [0.25, 0.3) is 5.69 Å². The molecule has 0 atom stereocenters. The molecular formula is C19H13BrN4O3. The minimum Gasteiger partial charge on any atom is -0.464 e. The average molecular weight is 425 g/mol. The summed E-state index contributed by atoms with van der Waals surface area (Å²) in [5.74, 6) is -1.05. The van der Waals surface area contributed by atoms with Crippen LogP contribution in [0.1, 0.15) is 32.1 Å². The topological polar surface area (TPSA) is 111 Å². The number of methoxy groups -OCH3 is 1. The highest BCUT2D eigenvalue weighted by Gasteiger charge is 2.25. The number of carbonyl (C=O) groups excluding carboxylic acids is 2. The van der Waals surface area contributed by atoms with E-state index in [2.05, 4.69) is 20.9 Å². The minimum atomic E-state index is -0.715. The van der Waals surface area contributed by atoms with Gasteiger partial charge in [0.2, 0.25) is 5.78 Å². The van der Waals surface area contributed by atoms with Gasteiger partial charge in [-0.25, -0.2) is 4.79 Å². The standard InChI is InChI=1S/C19H13BrN4O3/c1-27-19(26)17-16(22)11(9-21)10-24(17)15-6-5-12(20)8-13(15)18(25)14-4-2-3-7-23-14/h2-8,10H,22H2,1H3. The summed E-state index contributed by atoms with van der Waals surface area (Å²) in [6.07, 6.45) is 2.92. The number of hydrogen-bond donors (Lipinski definition) is 1. The highest BCUT2D eigenvalue weighted by molar-refractivity contribution is 9.10. The quantitative estimate of drug-likeness (QED) is 0.508. The lowest BCUT2D eigenvalue weighted by atomic mass is 10.1. The first-order valence-corrected chi connectivity index (χ1v) is 8.52. The zero-order valence-corrected chi connectivity index (χ0v) is 15.7. The molecule has 3 aromatic rings. The summed E-state index contributed by atoms with van der Waals surface area (Å²) in [5.41, 5.74) is 6.93. The van der Waals surface area contributed by atoms with Gasteiger partial charge in [0.1, 0.15) is 11.8 Å².